The Morgan fingerprint density at radius 3 is 2.83 bits per heavy atom. The molecule has 3 aromatic rings. The molecule has 0 fully saturated rings. The predicted octanol–water partition coefficient (Wildman–Crippen LogP) is 2.77. The third-order valence-electron chi connectivity index (χ3n) is 3.36. The van der Waals surface area contributed by atoms with Gasteiger partial charge in [0.15, 0.2) is 0 Å². The summed E-state index contributed by atoms with van der Waals surface area (Å²) in [7, 11) is 0. The highest BCUT2D eigenvalue weighted by Crippen LogP contribution is 2.19. The first-order chi connectivity index (χ1) is 11.5. The van der Waals surface area contributed by atoms with E-state index in [1.54, 1.807) is 36.5 Å². The smallest absolute Gasteiger partial charge is 0.250 e. The molecule has 0 aliphatic carbocycles. The second-order valence-corrected chi connectivity index (χ2v) is 5.42. The van der Waals surface area contributed by atoms with Crippen molar-refractivity contribution in [1.29, 1.82) is 0 Å². The van der Waals surface area contributed by atoms with Crippen LogP contribution in [0.2, 0.25) is 5.02 Å². The van der Waals surface area contributed by atoms with Crippen molar-refractivity contribution in [3.8, 4) is 5.69 Å². The van der Waals surface area contributed by atoms with E-state index in [4.69, 9.17) is 17.3 Å². The van der Waals surface area contributed by atoms with Crippen molar-refractivity contribution in [3.05, 3.63) is 70.8 Å². The molecule has 24 heavy (non-hydrogen) atoms. The maximum Gasteiger partial charge on any atom is 0.250 e. The van der Waals surface area contributed by atoms with Crippen LogP contribution < -0.4 is 11.1 Å². The molecule has 122 valence electrons. The van der Waals surface area contributed by atoms with Gasteiger partial charge in [0.2, 0.25) is 0 Å². The summed E-state index contributed by atoms with van der Waals surface area (Å²) >= 11 is 5.77. The Labute approximate surface area is 142 Å². The van der Waals surface area contributed by atoms with Crippen LogP contribution >= 0.6 is 11.6 Å². The van der Waals surface area contributed by atoms with Gasteiger partial charge in [-0.05, 0) is 30.3 Å². The molecule has 3 N–H and O–H groups in total. The van der Waals surface area contributed by atoms with Crippen molar-refractivity contribution in [2.75, 3.05) is 5.32 Å². The van der Waals surface area contributed by atoms with Crippen LogP contribution in [0.4, 0.5) is 10.1 Å². The largest absolute Gasteiger partial charge is 0.379 e. The summed E-state index contributed by atoms with van der Waals surface area (Å²) in [4.78, 5) is 11.4. The molecule has 0 atom stereocenters. The highest BCUT2D eigenvalue weighted by Gasteiger charge is 2.09. The van der Waals surface area contributed by atoms with E-state index in [1.165, 1.54) is 16.8 Å². The molecule has 2 aromatic carbocycles. The summed E-state index contributed by atoms with van der Waals surface area (Å²) in [5.74, 6) is -1.01. The van der Waals surface area contributed by atoms with Crippen molar-refractivity contribution >= 4 is 23.2 Å². The second kappa shape index (κ2) is 6.67. The van der Waals surface area contributed by atoms with Gasteiger partial charge in [0, 0.05) is 5.69 Å². The number of anilines is 1. The number of benzene rings is 2. The van der Waals surface area contributed by atoms with Gasteiger partial charge in [-0.2, -0.15) is 0 Å². The molecule has 0 aliphatic heterocycles. The number of aromatic nitrogens is 3. The number of primary amides is 1. The summed E-state index contributed by atoms with van der Waals surface area (Å²) in [6.45, 7) is 0.346. The molecule has 6 nitrogen and oxygen atoms in total. The first-order valence-electron chi connectivity index (χ1n) is 7.04. The number of hydrogen-bond donors (Lipinski definition) is 2. The van der Waals surface area contributed by atoms with E-state index in [0.717, 1.165) is 0 Å². The highest BCUT2D eigenvalue weighted by atomic mass is 35.5. The zero-order valence-electron chi connectivity index (χ0n) is 12.4. The summed E-state index contributed by atoms with van der Waals surface area (Å²) in [5, 5.41) is 11.1. The fraction of sp³-hybridized carbons (Fsp3) is 0.0625. The molecule has 1 heterocycles. The average Bonchev–Trinajstić information content (AvgIpc) is 3.04. The summed E-state index contributed by atoms with van der Waals surface area (Å²) in [5.41, 5.74) is 7.58. The lowest BCUT2D eigenvalue weighted by Crippen LogP contribution is -2.14. The Morgan fingerprint density at radius 1 is 1.29 bits per heavy atom. The average molecular weight is 346 g/mol. The van der Waals surface area contributed by atoms with Gasteiger partial charge in [-0.15, -0.1) is 5.10 Å². The van der Waals surface area contributed by atoms with Crippen LogP contribution in [0.25, 0.3) is 5.69 Å². The number of carbonyl (C=O) groups excluding carboxylic acids is 1. The predicted molar refractivity (Wildman–Crippen MR) is 88.6 cm³/mol. The molecule has 8 heteroatoms. The zero-order chi connectivity index (χ0) is 17.1. The van der Waals surface area contributed by atoms with Crippen LogP contribution in [0, 0.1) is 5.82 Å². The van der Waals surface area contributed by atoms with Gasteiger partial charge in [-0.3, -0.25) is 4.79 Å². The fourth-order valence-corrected chi connectivity index (χ4v) is 2.35. The Bertz CT molecular complexity index is 896. The molecule has 0 unspecified atom stereocenters. The molecule has 0 aliphatic rings. The number of rotatable bonds is 5. The standard InChI is InChI=1S/C16H13ClFN5O/c17-13-7-11(5-6-14(13)18)23-9-10(21-22-23)8-20-15-4-2-1-3-12(15)16(19)24/h1-7,9,20H,8H2,(H2,19,24). The number of para-hydroxylation sites is 1. The number of carbonyl (C=O) groups is 1. The monoisotopic (exact) mass is 345 g/mol. The molecule has 0 spiro atoms. The van der Waals surface area contributed by atoms with Crippen molar-refractivity contribution in [2.45, 2.75) is 6.54 Å². The number of nitrogens with two attached hydrogens (primary N) is 1. The lowest BCUT2D eigenvalue weighted by molar-refractivity contribution is 0.100. The zero-order valence-corrected chi connectivity index (χ0v) is 13.2. The maximum atomic E-state index is 13.2. The number of nitrogens with one attached hydrogen (secondary N) is 1. The molecule has 0 saturated heterocycles. The third kappa shape index (κ3) is 3.36. The van der Waals surface area contributed by atoms with Crippen molar-refractivity contribution in [2.24, 2.45) is 5.73 Å². The van der Waals surface area contributed by atoms with Gasteiger partial charge in [-0.25, -0.2) is 9.07 Å². The topological polar surface area (TPSA) is 85.8 Å². The fourth-order valence-electron chi connectivity index (χ4n) is 2.17. The Hall–Kier alpha value is -2.93. The van der Waals surface area contributed by atoms with Crippen molar-refractivity contribution in [3.63, 3.8) is 0 Å². The number of nitrogens with zero attached hydrogens (tertiary/aromatic N) is 3. The molecule has 0 saturated carbocycles. The summed E-state index contributed by atoms with van der Waals surface area (Å²) in [6.07, 6.45) is 1.68. The van der Waals surface area contributed by atoms with Crippen LogP contribution in [0.5, 0.6) is 0 Å². The minimum Gasteiger partial charge on any atom is -0.379 e. The molecule has 0 radical (unpaired) electrons. The van der Waals surface area contributed by atoms with Crippen LogP contribution in [-0.2, 0) is 6.54 Å². The van der Waals surface area contributed by atoms with E-state index < -0.39 is 11.7 Å². The van der Waals surface area contributed by atoms with Crippen LogP contribution in [0.3, 0.4) is 0 Å². The SMILES string of the molecule is NC(=O)c1ccccc1NCc1cn(-c2ccc(F)c(Cl)c2)nn1. The van der Waals surface area contributed by atoms with Gasteiger partial charge in [0.05, 0.1) is 29.0 Å². The van der Waals surface area contributed by atoms with E-state index in [-0.39, 0.29) is 5.02 Å². The lowest BCUT2D eigenvalue weighted by atomic mass is 10.1. The molecular formula is C16H13ClFN5O. The Morgan fingerprint density at radius 2 is 2.08 bits per heavy atom. The van der Waals surface area contributed by atoms with Crippen LogP contribution in [0.1, 0.15) is 16.1 Å². The minimum absolute atomic E-state index is 0.0121. The molecule has 0 bridgehead atoms. The van der Waals surface area contributed by atoms with E-state index in [2.05, 4.69) is 15.6 Å². The highest BCUT2D eigenvalue weighted by molar-refractivity contribution is 6.30. The van der Waals surface area contributed by atoms with Gasteiger partial charge < -0.3 is 11.1 Å². The van der Waals surface area contributed by atoms with E-state index >= 15 is 0 Å². The first kappa shape index (κ1) is 15.9. The van der Waals surface area contributed by atoms with Crippen molar-refractivity contribution < 1.29 is 9.18 Å². The Balaban J connectivity index is 1.75. The van der Waals surface area contributed by atoms with Gasteiger partial charge in [-0.1, -0.05) is 28.9 Å². The van der Waals surface area contributed by atoms with E-state index in [0.29, 0.717) is 29.2 Å². The maximum absolute atomic E-state index is 13.2. The van der Waals surface area contributed by atoms with Crippen molar-refractivity contribution in [1.82, 2.24) is 15.0 Å². The number of hydrogen-bond acceptors (Lipinski definition) is 4. The number of amides is 1. The normalized spacial score (nSPS) is 10.6. The Kier molecular flexibility index (Phi) is 4.43. The van der Waals surface area contributed by atoms with Gasteiger partial charge in [0.1, 0.15) is 11.5 Å². The van der Waals surface area contributed by atoms with E-state index in [9.17, 15) is 9.18 Å². The quantitative estimate of drug-likeness (QED) is 0.744. The van der Waals surface area contributed by atoms with Gasteiger partial charge in [0.25, 0.3) is 5.91 Å². The third-order valence-corrected chi connectivity index (χ3v) is 3.65. The van der Waals surface area contributed by atoms with Crippen LogP contribution in [-0.4, -0.2) is 20.9 Å². The molecule has 1 aromatic heterocycles. The van der Waals surface area contributed by atoms with Gasteiger partial charge >= 0.3 is 0 Å². The molecular weight excluding hydrogens is 333 g/mol. The first-order valence-corrected chi connectivity index (χ1v) is 7.42. The minimum atomic E-state index is -0.511. The summed E-state index contributed by atoms with van der Waals surface area (Å²) < 4.78 is 14.7. The number of halogens is 2. The summed E-state index contributed by atoms with van der Waals surface area (Å²) in [6, 6.07) is 11.2. The molecule has 1 amide bonds. The molecule has 3 rings (SSSR count). The van der Waals surface area contributed by atoms with E-state index in [1.807, 2.05) is 0 Å². The van der Waals surface area contributed by atoms with Crippen LogP contribution in [0.15, 0.2) is 48.7 Å². The lowest BCUT2D eigenvalue weighted by Gasteiger charge is -2.07. The second-order valence-electron chi connectivity index (χ2n) is 5.02.